The Morgan fingerprint density at radius 3 is 1.73 bits per heavy atom. The van der Waals surface area contributed by atoms with Gasteiger partial charge in [-0.05, 0) is 90.2 Å². The van der Waals surface area contributed by atoms with E-state index in [0.29, 0.717) is 38.6 Å². The van der Waals surface area contributed by atoms with Crippen LogP contribution in [0.15, 0.2) is 174 Å². The van der Waals surface area contributed by atoms with Crippen molar-refractivity contribution < 1.29 is 19.5 Å². The predicted molar refractivity (Wildman–Crippen MR) is 190 cm³/mol. The fourth-order valence-electron chi connectivity index (χ4n) is 6.33. The van der Waals surface area contributed by atoms with Gasteiger partial charge in [0.15, 0.2) is 0 Å². The second kappa shape index (κ2) is 10.4. The van der Waals surface area contributed by atoms with Crippen molar-refractivity contribution in [2.45, 2.75) is 0 Å². The van der Waals surface area contributed by atoms with E-state index in [0.717, 1.165) is 16.3 Å². The highest BCUT2D eigenvalue weighted by Gasteiger charge is 2.19. The monoisotopic (exact) mass is 583 g/mol. The van der Waals surface area contributed by atoms with Crippen molar-refractivity contribution in [3.8, 4) is 44.5 Å². The average Bonchev–Trinajstić information content (AvgIpc) is 3.62. The molecule has 0 amide bonds. The summed E-state index contributed by atoms with van der Waals surface area (Å²) >= 11 is 0. The van der Waals surface area contributed by atoms with E-state index in [2.05, 4.69) is 0 Å². The van der Waals surface area contributed by atoms with E-state index in [1.54, 1.807) is 36.4 Å². The van der Waals surface area contributed by atoms with Crippen molar-refractivity contribution in [3.63, 3.8) is 0 Å². The summed E-state index contributed by atoms with van der Waals surface area (Å²) in [5.41, 5.74) is 3.56. The third-order valence-electron chi connectivity index (χ3n) is 8.26. The number of hydrogen-bond acceptors (Lipinski definition) is 1. The van der Waals surface area contributed by atoms with Gasteiger partial charge >= 0.3 is 0 Å². The zero-order chi connectivity index (χ0) is 39.3. The lowest BCUT2D eigenvalue weighted by atomic mass is 9.85. The molecule has 1 aromatic heterocycles. The van der Waals surface area contributed by atoms with Gasteiger partial charge in [-0.3, -0.25) is 0 Å². The Morgan fingerprint density at radius 2 is 1.02 bits per heavy atom. The van der Waals surface area contributed by atoms with Gasteiger partial charge in [0, 0.05) is 10.8 Å². The molecule has 0 saturated carbocycles. The van der Waals surface area contributed by atoms with Crippen LogP contribution in [0.1, 0.15) is 15.1 Å². The molecule has 0 atom stereocenters. The van der Waals surface area contributed by atoms with Crippen LogP contribution in [-0.2, 0) is 0 Å². The lowest BCUT2D eigenvalue weighted by Crippen LogP contribution is -1.91. The summed E-state index contributed by atoms with van der Waals surface area (Å²) in [6.07, 6.45) is 0. The lowest BCUT2D eigenvalue weighted by Gasteiger charge is -2.18. The second-order valence-electron chi connectivity index (χ2n) is 10.8. The van der Waals surface area contributed by atoms with E-state index in [4.69, 9.17) is 15.4 Å². The van der Waals surface area contributed by atoms with Gasteiger partial charge in [0.25, 0.3) is 0 Å². The molecule has 0 aliphatic carbocycles. The van der Waals surface area contributed by atoms with Crippen molar-refractivity contribution in [2.24, 2.45) is 0 Å². The van der Waals surface area contributed by atoms with E-state index in [-0.39, 0.29) is 81.4 Å². The Labute approximate surface area is 277 Å². The van der Waals surface area contributed by atoms with Crippen molar-refractivity contribution in [1.82, 2.24) is 0 Å². The topological polar surface area (TPSA) is 13.1 Å². The highest BCUT2D eigenvalue weighted by molar-refractivity contribution is 6.22. The van der Waals surface area contributed by atoms with Crippen LogP contribution in [0.2, 0.25) is 0 Å². The van der Waals surface area contributed by atoms with Crippen LogP contribution in [-0.4, -0.2) is 0 Å². The summed E-state index contributed by atoms with van der Waals surface area (Å²) < 4.78 is 103. The van der Waals surface area contributed by atoms with E-state index >= 15 is 0 Å². The van der Waals surface area contributed by atoms with E-state index < -0.39 is 18.1 Å². The molecule has 0 unspecified atom stereocenters. The molecular formula is C44H28O. The van der Waals surface area contributed by atoms with Gasteiger partial charge in [0.05, 0.1) is 15.1 Å². The molecular weight excluding hydrogens is 544 g/mol. The SMILES string of the molecule is [2H]c1c([2H])c([2H])c(-c2cccc(-c3c4ccccc4c(-c4c([2H])c([2H])c5oc6c([2H])c([2H])c([2H])c(-c7ccccc7)c6c5c4[2H])c4ccccc34)c2)c([2H])c1[2H]. The van der Waals surface area contributed by atoms with Gasteiger partial charge in [0.1, 0.15) is 11.2 Å². The smallest absolute Gasteiger partial charge is 0.136 e. The summed E-state index contributed by atoms with van der Waals surface area (Å²) in [4.78, 5) is 0. The molecule has 8 aromatic carbocycles. The van der Waals surface area contributed by atoms with Crippen LogP contribution < -0.4 is 0 Å². The first-order valence-electron chi connectivity index (χ1n) is 20.0. The first kappa shape index (κ1) is 16.8. The predicted octanol–water partition coefficient (Wildman–Crippen LogP) is 12.6. The van der Waals surface area contributed by atoms with Gasteiger partial charge in [0.2, 0.25) is 0 Å². The van der Waals surface area contributed by atoms with Crippen LogP contribution >= 0.6 is 0 Å². The third-order valence-corrected chi connectivity index (χ3v) is 8.26. The molecule has 45 heavy (non-hydrogen) atoms. The lowest BCUT2D eigenvalue weighted by molar-refractivity contribution is 0.669. The number of fused-ring (bicyclic) bond motifs is 5. The minimum absolute atomic E-state index is 0.0255. The van der Waals surface area contributed by atoms with Gasteiger partial charge < -0.3 is 4.42 Å². The first-order chi connectivity index (χ1) is 26.9. The molecule has 9 aromatic rings. The maximum atomic E-state index is 9.84. The Hall–Kier alpha value is -5.92. The van der Waals surface area contributed by atoms with Gasteiger partial charge in [-0.25, -0.2) is 0 Å². The van der Waals surface area contributed by atoms with E-state index in [9.17, 15) is 4.11 Å². The van der Waals surface area contributed by atoms with Gasteiger partial charge in [-0.2, -0.15) is 0 Å². The minimum Gasteiger partial charge on any atom is -0.456 e. The average molecular weight is 584 g/mol. The highest BCUT2D eigenvalue weighted by atomic mass is 16.3. The van der Waals surface area contributed by atoms with Crippen molar-refractivity contribution in [2.75, 3.05) is 0 Å². The minimum atomic E-state index is -0.467. The molecule has 1 nitrogen and oxygen atoms in total. The molecule has 9 rings (SSSR count). The Bertz CT molecular complexity index is 3070. The Morgan fingerprint density at radius 1 is 0.400 bits per heavy atom. The van der Waals surface area contributed by atoms with E-state index in [1.165, 1.54) is 0 Å². The fraction of sp³-hybridized carbons (Fsp3) is 0. The standard InChI is InChI=1S/C44H28O/c1-3-13-29(14-4-1)31-17-11-18-32(27-31)42-35-19-7-9-21-37(35)43(38-22-10-8-20-36(38)42)33-25-26-40-39(28-33)44-34(23-12-24-41(44)45-40)30-15-5-2-6-16-30/h1-28H/i1D,3D,4D,12D,13D,14D,23D,24D,25D,26D,28D. The van der Waals surface area contributed by atoms with Crippen molar-refractivity contribution in [3.05, 3.63) is 170 Å². The quantitative estimate of drug-likeness (QED) is 0.188. The molecule has 0 saturated heterocycles. The Balaban J connectivity index is 1.39. The zero-order valence-corrected chi connectivity index (χ0v) is 23.7. The van der Waals surface area contributed by atoms with Crippen molar-refractivity contribution in [1.29, 1.82) is 0 Å². The van der Waals surface area contributed by atoms with Crippen LogP contribution in [0, 0.1) is 0 Å². The number of rotatable bonds is 4. The molecule has 0 N–H and O–H groups in total. The molecule has 0 bridgehead atoms. The summed E-state index contributed by atoms with van der Waals surface area (Å²) in [6, 6.07) is 27.9. The molecule has 210 valence electrons. The molecule has 0 aliphatic heterocycles. The van der Waals surface area contributed by atoms with Gasteiger partial charge in [-0.15, -0.1) is 0 Å². The van der Waals surface area contributed by atoms with Crippen LogP contribution in [0.4, 0.5) is 0 Å². The van der Waals surface area contributed by atoms with Crippen LogP contribution in [0.3, 0.4) is 0 Å². The summed E-state index contributed by atoms with van der Waals surface area (Å²) in [5.74, 6) is 0. The number of benzene rings is 8. The normalized spacial score (nSPS) is 15.0. The molecule has 1 heterocycles. The zero-order valence-electron chi connectivity index (χ0n) is 34.7. The van der Waals surface area contributed by atoms with Gasteiger partial charge in [-0.1, -0.05) is 145 Å². The van der Waals surface area contributed by atoms with E-state index in [1.807, 2.05) is 66.7 Å². The first-order valence-corrected chi connectivity index (χ1v) is 14.5. The highest BCUT2D eigenvalue weighted by Crippen LogP contribution is 2.46. The molecule has 0 fully saturated rings. The number of furan rings is 1. The fourth-order valence-corrected chi connectivity index (χ4v) is 6.33. The largest absolute Gasteiger partial charge is 0.456 e. The summed E-state index contributed by atoms with van der Waals surface area (Å²) in [5, 5.41) is 3.33. The summed E-state index contributed by atoms with van der Waals surface area (Å²) in [7, 11) is 0. The maximum absolute atomic E-state index is 9.84. The number of hydrogen-bond donors (Lipinski definition) is 0. The molecule has 1 heteroatoms. The third kappa shape index (κ3) is 4.17. The second-order valence-corrected chi connectivity index (χ2v) is 10.8. The maximum Gasteiger partial charge on any atom is 0.136 e. The summed E-state index contributed by atoms with van der Waals surface area (Å²) in [6.45, 7) is 0. The molecule has 0 radical (unpaired) electrons. The van der Waals surface area contributed by atoms with Crippen molar-refractivity contribution >= 4 is 43.5 Å². The Kier molecular flexibility index (Phi) is 3.87. The molecule has 0 aliphatic rings. The molecule has 0 spiro atoms. The van der Waals surface area contributed by atoms with Crippen LogP contribution in [0.5, 0.6) is 0 Å². The van der Waals surface area contributed by atoms with Crippen LogP contribution in [0.25, 0.3) is 88.0 Å².